The van der Waals surface area contributed by atoms with Gasteiger partial charge in [-0.15, -0.1) is 0 Å². The zero-order valence-electron chi connectivity index (χ0n) is 11.3. The molecule has 0 unspecified atom stereocenters. The van der Waals surface area contributed by atoms with Gasteiger partial charge < -0.3 is 5.73 Å². The maximum Gasteiger partial charge on any atom is 0.0429 e. The second kappa shape index (κ2) is 5.94. The first-order valence-electron chi connectivity index (χ1n) is 6.83. The summed E-state index contributed by atoms with van der Waals surface area (Å²) in [5.74, 6) is 0.760. The predicted molar refractivity (Wildman–Crippen MR) is 78.8 cm³/mol. The van der Waals surface area contributed by atoms with Crippen LogP contribution in [0.3, 0.4) is 0 Å². The molecule has 3 heteroatoms. The third-order valence-electron chi connectivity index (χ3n) is 3.42. The zero-order chi connectivity index (χ0) is 13.1. The van der Waals surface area contributed by atoms with Crippen LogP contribution in [0, 0.1) is 5.92 Å². The fourth-order valence-corrected chi connectivity index (χ4v) is 2.52. The van der Waals surface area contributed by atoms with Gasteiger partial charge in [-0.25, -0.2) is 0 Å². The number of nitrogen functional groups attached to an aromatic ring is 1. The molecule has 0 bridgehead atoms. The SMILES string of the molecule is CC(C)CCN(Cc1cc(N)cc(Cl)c1)C1CC1. The van der Waals surface area contributed by atoms with Crippen molar-refractivity contribution in [2.45, 2.75) is 45.7 Å². The fourth-order valence-electron chi connectivity index (χ4n) is 2.26. The van der Waals surface area contributed by atoms with Gasteiger partial charge in [-0.05, 0) is 55.5 Å². The van der Waals surface area contributed by atoms with Crippen LogP contribution in [0.25, 0.3) is 0 Å². The molecule has 1 aromatic carbocycles. The van der Waals surface area contributed by atoms with Gasteiger partial charge in [0.1, 0.15) is 0 Å². The van der Waals surface area contributed by atoms with Crippen molar-refractivity contribution in [2.75, 3.05) is 12.3 Å². The quantitative estimate of drug-likeness (QED) is 0.791. The summed E-state index contributed by atoms with van der Waals surface area (Å²) < 4.78 is 0. The van der Waals surface area contributed by atoms with Crippen LogP contribution in [0.4, 0.5) is 5.69 Å². The van der Waals surface area contributed by atoms with Gasteiger partial charge >= 0.3 is 0 Å². The Morgan fingerprint density at radius 1 is 1.33 bits per heavy atom. The largest absolute Gasteiger partial charge is 0.399 e. The molecule has 1 aliphatic carbocycles. The van der Waals surface area contributed by atoms with E-state index in [9.17, 15) is 0 Å². The second-order valence-corrected chi connectivity index (χ2v) is 6.21. The Morgan fingerprint density at radius 3 is 2.61 bits per heavy atom. The highest BCUT2D eigenvalue weighted by atomic mass is 35.5. The van der Waals surface area contributed by atoms with Crippen LogP contribution in [0.5, 0.6) is 0 Å². The summed E-state index contributed by atoms with van der Waals surface area (Å²) in [6, 6.07) is 6.66. The van der Waals surface area contributed by atoms with Crippen LogP contribution >= 0.6 is 11.6 Å². The van der Waals surface area contributed by atoms with Gasteiger partial charge in [-0.1, -0.05) is 25.4 Å². The molecule has 1 aromatic rings. The van der Waals surface area contributed by atoms with Crippen molar-refractivity contribution < 1.29 is 0 Å². The molecule has 1 fully saturated rings. The highest BCUT2D eigenvalue weighted by Crippen LogP contribution is 2.29. The van der Waals surface area contributed by atoms with Gasteiger partial charge in [0.05, 0.1) is 0 Å². The summed E-state index contributed by atoms with van der Waals surface area (Å²) in [5, 5.41) is 0.740. The summed E-state index contributed by atoms with van der Waals surface area (Å²) in [7, 11) is 0. The minimum Gasteiger partial charge on any atom is -0.399 e. The Hall–Kier alpha value is -0.730. The Bertz CT molecular complexity index is 379. The molecule has 18 heavy (non-hydrogen) atoms. The van der Waals surface area contributed by atoms with Crippen LogP contribution in [-0.4, -0.2) is 17.5 Å². The molecule has 2 rings (SSSR count). The molecular weight excluding hydrogens is 244 g/mol. The van der Waals surface area contributed by atoms with E-state index in [-0.39, 0.29) is 0 Å². The number of benzene rings is 1. The molecule has 0 radical (unpaired) electrons. The van der Waals surface area contributed by atoms with Crippen LogP contribution < -0.4 is 5.73 Å². The smallest absolute Gasteiger partial charge is 0.0429 e. The molecule has 0 spiro atoms. The van der Waals surface area contributed by atoms with E-state index in [4.69, 9.17) is 17.3 Å². The number of hydrogen-bond acceptors (Lipinski definition) is 2. The highest BCUT2D eigenvalue weighted by Gasteiger charge is 2.28. The zero-order valence-corrected chi connectivity index (χ0v) is 12.1. The van der Waals surface area contributed by atoms with E-state index >= 15 is 0 Å². The third-order valence-corrected chi connectivity index (χ3v) is 3.64. The first kappa shape index (κ1) is 13.7. The molecule has 1 aliphatic rings. The first-order chi connectivity index (χ1) is 8.54. The number of nitrogens with zero attached hydrogens (tertiary/aromatic N) is 1. The number of rotatable bonds is 6. The molecule has 2 nitrogen and oxygen atoms in total. The monoisotopic (exact) mass is 266 g/mol. The molecule has 0 atom stereocenters. The second-order valence-electron chi connectivity index (χ2n) is 5.78. The molecule has 0 amide bonds. The van der Waals surface area contributed by atoms with E-state index in [1.165, 1.54) is 31.4 Å². The van der Waals surface area contributed by atoms with Crippen molar-refractivity contribution in [3.63, 3.8) is 0 Å². The van der Waals surface area contributed by atoms with Crippen molar-refractivity contribution in [2.24, 2.45) is 5.92 Å². The highest BCUT2D eigenvalue weighted by molar-refractivity contribution is 6.30. The summed E-state index contributed by atoms with van der Waals surface area (Å²) in [4.78, 5) is 2.57. The lowest BCUT2D eigenvalue weighted by atomic mass is 10.1. The number of hydrogen-bond donors (Lipinski definition) is 1. The van der Waals surface area contributed by atoms with Crippen LogP contribution in [0.2, 0.25) is 5.02 Å². The van der Waals surface area contributed by atoms with Gasteiger partial charge in [-0.3, -0.25) is 4.90 Å². The molecular formula is C15H23ClN2. The summed E-state index contributed by atoms with van der Waals surface area (Å²) in [6.07, 6.45) is 3.94. The molecule has 1 saturated carbocycles. The lowest BCUT2D eigenvalue weighted by molar-refractivity contribution is 0.239. The van der Waals surface area contributed by atoms with Crippen molar-refractivity contribution in [1.82, 2.24) is 4.90 Å². The molecule has 0 aromatic heterocycles. The lowest BCUT2D eigenvalue weighted by Gasteiger charge is -2.23. The first-order valence-corrected chi connectivity index (χ1v) is 7.21. The Kier molecular flexibility index (Phi) is 4.52. The molecule has 100 valence electrons. The normalized spacial score (nSPS) is 15.6. The van der Waals surface area contributed by atoms with Crippen molar-refractivity contribution in [3.05, 3.63) is 28.8 Å². The topological polar surface area (TPSA) is 29.3 Å². The molecule has 0 aliphatic heterocycles. The maximum absolute atomic E-state index is 6.06. The number of nitrogens with two attached hydrogens (primary N) is 1. The average Bonchev–Trinajstić information content (AvgIpc) is 3.06. The molecule has 0 saturated heterocycles. The fraction of sp³-hybridized carbons (Fsp3) is 0.600. The summed E-state index contributed by atoms with van der Waals surface area (Å²) >= 11 is 6.06. The molecule has 2 N–H and O–H groups in total. The van der Waals surface area contributed by atoms with E-state index in [1.54, 1.807) is 6.07 Å². The van der Waals surface area contributed by atoms with Gasteiger partial charge in [0.15, 0.2) is 0 Å². The standard InChI is InChI=1S/C15H23ClN2/c1-11(2)5-6-18(15-3-4-15)10-12-7-13(16)9-14(17)8-12/h7-9,11,15H,3-6,10,17H2,1-2H3. The van der Waals surface area contributed by atoms with Crippen LogP contribution in [0.1, 0.15) is 38.7 Å². The van der Waals surface area contributed by atoms with Crippen molar-refractivity contribution in [3.8, 4) is 0 Å². The number of halogens is 1. The predicted octanol–water partition coefficient (Wildman–Crippen LogP) is 3.93. The Morgan fingerprint density at radius 2 is 2.06 bits per heavy atom. The minimum atomic E-state index is 0.740. The minimum absolute atomic E-state index is 0.740. The number of anilines is 1. The molecule has 0 heterocycles. The average molecular weight is 267 g/mol. The van der Waals surface area contributed by atoms with Gasteiger partial charge in [0.25, 0.3) is 0 Å². The van der Waals surface area contributed by atoms with Gasteiger partial charge in [0.2, 0.25) is 0 Å². The van der Waals surface area contributed by atoms with E-state index in [1.807, 2.05) is 12.1 Å². The van der Waals surface area contributed by atoms with Gasteiger partial charge in [-0.2, -0.15) is 0 Å². The van der Waals surface area contributed by atoms with Crippen molar-refractivity contribution in [1.29, 1.82) is 0 Å². The third kappa shape index (κ3) is 4.18. The van der Waals surface area contributed by atoms with E-state index in [0.717, 1.165) is 29.2 Å². The van der Waals surface area contributed by atoms with E-state index in [2.05, 4.69) is 18.7 Å². The summed E-state index contributed by atoms with van der Waals surface area (Å²) in [6.45, 7) is 6.71. The maximum atomic E-state index is 6.06. The summed E-state index contributed by atoms with van der Waals surface area (Å²) in [5.41, 5.74) is 7.84. The van der Waals surface area contributed by atoms with Crippen molar-refractivity contribution >= 4 is 17.3 Å². The lowest BCUT2D eigenvalue weighted by Crippen LogP contribution is -2.27. The Balaban J connectivity index is 1.99. The van der Waals surface area contributed by atoms with E-state index in [0.29, 0.717) is 0 Å². The Labute approximate surface area is 115 Å². The van der Waals surface area contributed by atoms with E-state index < -0.39 is 0 Å². The van der Waals surface area contributed by atoms with Crippen LogP contribution in [0.15, 0.2) is 18.2 Å². The van der Waals surface area contributed by atoms with Crippen LogP contribution in [-0.2, 0) is 6.54 Å². The van der Waals surface area contributed by atoms with Gasteiger partial charge in [0, 0.05) is 23.3 Å².